The van der Waals surface area contributed by atoms with E-state index < -0.39 is 0 Å². The van der Waals surface area contributed by atoms with Crippen molar-refractivity contribution in [3.8, 4) is 5.75 Å². The van der Waals surface area contributed by atoms with Gasteiger partial charge in [0.15, 0.2) is 0 Å². The third kappa shape index (κ3) is 4.07. The highest BCUT2D eigenvalue weighted by molar-refractivity contribution is 7.12. The van der Waals surface area contributed by atoms with E-state index in [9.17, 15) is 0 Å². The number of benzene rings is 1. The molecule has 1 aromatic heterocycles. The zero-order chi connectivity index (χ0) is 14.4. The standard InChI is InChI=1S/C16H21NO2S/c1-12-3-8-16(20-12)15(11-17)19-14-6-4-13(5-7-14)9-10-18-2/h3-8,15H,9-11,17H2,1-2H3. The number of aryl methyl sites for hydroxylation is 1. The van der Waals surface area contributed by atoms with E-state index in [-0.39, 0.29) is 6.10 Å². The normalized spacial score (nSPS) is 12.3. The van der Waals surface area contributed by atoms with E-state index in [1.165, 1.54) is 15.3 Å². The summed E-state index contributed by atoms with van der Waals surface area (Å²) >= 11 is 1.73. The van der Waals surface area contributed by atoms with Gasteiger partial charge in [-0.3, -0.25) is 0 Å². The minimum Gasteiger partial charge on any atom is -0.484 e. The van der Waals surface area contributed by atoms with Crippen LogP contribution in [0, 0.1) is 6.92 Å². The molecule has 1 unspecified atom stereocenters. The Labute approximate surface area is 124 Å². The zero-order valence-electron chi connectivity index (χ0n) is 12.0. The lowest BCUT2D eigenvalue weighted by molar-refractivity contribution is 0.202. The molecule has 0 amide bonds. The van der Waals surface area contributed by atoms with Crippen molar-refractivity contribution in [2.45, 2.75) is 19.4 Å². The molecule has 1 heterocycles. The minimum absolute atomic E-state index is 0.0708. The van der Waals surface area contributed by atoms with Gasteiger partial charge in [-0.15, -0.1) is 11.3 Å². The van der Waals surface area contributed by atoms with Crippen LogP contribution in [0.15, 0.2) is 36.4 Å². The molecular weight excluding hydrogens is 270 g/mol. The Morgan fingerprint density at radius 2 is 1.90 bits per heavy atom. The lowest BCUT2D eigenvalue weighted by Crippen LogP contribution is -2.17. The number of thiophene rings is 1. The van der Waals surface area contributed by atoms with E-state index in [0.717, 1.165) is 18.8 Å². The highest BCUT2D eigenvalue weighted by Gasteiger charge is 2.13. The van der Waals surface area contributed by atoms with Crippen molar-refractivity contribution in [3.63, 3.8) is 0 Å². The molecular formula is C16H21NO2S. The van der Waals surface area contributed by atoms with Crippen LogP contribution < -0.4 is 10.5 Å². The zero-order valence-corrected chi connectivity index (χ0v) is 12.8. The molecule has 0 aliphatic heterocycles. The van der Waals surface area contributed by atoms with Gasteiger partial charge in [-0.2, -0.15) is 0 Å². The van der Waals surface area contributed by atoms with E-state index in [4.69, 9.17) is 15.2 Å². The highest BCUT2D eigenvalue weighted by atomic mass is 32.1. The molecule has 0 saturated heterocycles. The van der Waals surface area contributed by atoms with Gasteiger partial charge in [-0.05, 0) is 43.2 Å². The SMILES string of the molecule is COCCc1ccc(OC(CN)c2ccc(C)s2)cc1. The predicted molar refractivity (Wildman–Crippen MR) is 83.5 cm³/mol. The van der Waals surface area contributed by atoms with E-state index in [2.05, 4.69) is 31.2 Å². The van der Waals surface area contributed by atoms with Crippen LogP contribution in [0.5, 0.6) is 5.75 Å². The fourth-order valence-electron chi connectivity index (χ4n) is 1.97. The summed E-state index contributed by atoms with van der Waals surface area (Å²) in [4.78, 5) is 2.45. The number of rotatable bonds is 7. The van der Waals surface area contributed by atoms with Gasteiger partial charge in [0.2, 0.25) is 0 Å². The first-order valence-corrected chi connectivity index (χ1v) is 7.55. The topological polar surface area (TPSA) is 44.5 Å². The molecule has 1 atom stereocenters. The van der Waals surface area contributed by atoms with Crippen molar-refractivity contribution in [1.29, 1.82) is 0 Å². The van der Waals surface area contributed by atoms with Crippen molar-refractivity contribution in [2.24, 2.45) is 5.73 Å². The van der Waals surface area contributed by atoms with Crippen molar-refractivity contribution in [1.82, 2.24) is 0 Å². The largest absolute Gasteiger partial charge is 0.484 e. The Bertz CT molecular complexity index is 522. The molecule has 2 rings (SSSR count). The molecule has 0 radical (unpaired) electrons. The maximum absolute atomic E-state index is 5.98. The highest BCUT2D eigenvalue weighted by Crippen LogP contribution is 2.27. The molecule has 0 saturated carbocycles. The molecule has 4 heteroatoms. The number of hydrogen-bond acceptors (Lipinski definition) is 4. The van der Waals surface area contributed by atoms with Crippen molar-refractivity contribution in [2.75, 3.05) is 20.3 Å². The van der Waals surface area contributed by atoms with Gasteiger partial charge in [0, 0.05) is 23.4 Å². The van der Waals surface area contributed by atoms with Gasteiger partial charge in [-0.25, -0.2) is 0 Å². The lowest BCUT2D eigenvalue weighted by atomic mass is 10.1. The van der Waals surface area contributed by atoms with Crippen molar-refractivity contribution < 1.29 is 9.47 Å². The van der Waals surface area contributed by atoms with Crippen LogP contribution in [-0.2, 0) is 11.2 Å². The molecule has 0 aliphatic rings. The van der Waals surface area contributed by atoms with E-state index in [1.54, 1.807) is 18.4 Å². The average molecular weight is 291 g/mol. The van der Waals surface area contributed by atoms with Gasteiger partial charge in [0.25, 0.3) is 0 Å². The third-order valence-corrected chi connectivity index (χ3v) is 4.18. The molecule has 1 aromatic carbocycles. The second-order valence-electron chi connectivity index (χ2n) is 4.68. The van der Waals surface area contributed by atoms with Crippen molar-refractivity contribution >= 4 is 11.3 Å². The number of nitrogens with two attached hydrogens (primary N) is 1. The van der Waals surface area contributed by atoms with Crippen LogP contribution in [0.4, 0.5) is 0 Å². The number of ether oxygens (including phenoxy) is 2. The molecule has 0 bridgehead atoms. The molecule has 0 fully saturated rings. The Morgan fingerprint density at radius 3 is 2.45 bits per heavy atom. The molecule has 2 aromatic rings. The van der Waals surface area contributed by atoms with Crippen LogP contribution in [0.2, 0.25) is 0 Å². The van der Waals surface area contributed by atoms with Gasteiger partial charge >= 0.3 is 0 Å². The summed E-state index contributed by atoms with van der Waals surface area (Å²) in [6.07, 6.45) is 0.847. The molecule has 0 aliphatic carbocycles. The minimum atomic E-state index is -0.0708. The fraction of sp³-hybridized carbons (Fsp3) is 0.375. The first kappa shape index (κ1) is 15.0. The van der Waals surface area contributed by atoms with Crippen LogP contribution in [-0.4, -0.2) is 20.3 Å². The van der Waals surface area contributed by atoms with Crippen LogP contribution in [0.3, 0.4) is 0 Å². The summed E-state index contributed by atoms with van der Waals surface area (Å²) < 4.78 is 11.0. The summed E-state index contributed by atoms with van der Waals surface area (Å²) in [6, 6.07) is 12.3. The second-order valence-corrected chi connectivity index (χ2v) is 6.00. The number of hydrogen-bond donors (Lipinski definition) is 1. The van der Waals surface area contributed by atoms with Crippen LogP contribution in [0.25, 0.3) is 0 Å². The van der Waals surface area contributed by atoms with E-state index in [1.807, 2.05) is 12.1 Å². The predicted octanol–water partition coefficient (Wildman–Crippen LogP) is 3.32. The maximum Gasteiger partial charge on any atom is 0.145 e. The molecule has 20 heavy (non-hydrogen) atoms. The monoisotopic (exact) mass is 291 g/mol. The second kappa shape index (κ2) is 7.43. The summed E-state index contributed by atoms with van der Waals surface area (Å²) in [6.45, 7) is 3.30. The van der Waals surface area contributed by atoms with Crippen LogP contribution >= 0.6 is 11.3 Å². The lowest BCUT2D eigenvalue weighted by Gasteiger charge is -2.16. The quantitative estimate of drug-likeness (QED) is 0.851. The van der Waals surface area contributed by atoms with Gasteiger partial charge < -0.3 is 15.2 Å². The maximum atomic E-state index is 5.98. The molecule has 108 valence electrons. The van der Waals surface area contributed by atoms with Gasteiger partial charge in [0.1, 0.15) is 11.9 Å². The van der Waals surface area contributed by atoms with E-state index in [0.29, 0.717) is 6.54 Å². The number of methoxy groups -OCH3 is 1. The smallest absolute Gasteiger partial charge is 0.145 e. The Hall–Kier alpha value is -1.36. The average Bonchev–Trinajstić information content (AvgIpc) is 2.90. The molecule has 0 spiro atoms. The summed E-state index contributed by atoms with van der Waals surface area (Å²) in [5.41, 5.74) is 7.07. The van der Waals surface area contributed by atoms with Gasteiger partial charge in [-0.1, -0.05) is 12.1 Å². The first-order chi connectivity index (χ1) is 9.72. The Morgan fingerprint density at radius 1 is 1.15 bits per heavy atom. The molecule has 2 N–H and O–H groups in total. The Kier molecular flexibility index (Phi) is 5.59. The van der Waals surface area contributed by atoms with E-state index >= 15 is 0 Å². The fourth-order valence-corrected chi connectivity index (χ4v) is 2.89. The van der Waals surface area contributed by atoms with Gasteiger partial charge in [0.05, 0.1) is 6.61 Å². The summed E-state index contributed by atoms with van der Waals surface area (Å²) in [5.74, 6) is 0.854. The Balaban J connectivity index is 2.00. The summed E-state index contributed by atoms with van der Waals surface area (Å²) in [7, 11) is 1.71. The van der Waals surface area contributed by atoms with Crippen LogP contribution in [0.1, 0.15) is 21.4 Å². The van der Waals surface area contributed by atoms with Crippen molar-refractivity contribution in [3.05, 3.63) is 51.7 Å². The summed E-state index contributed by atoms with van der Waals surface area (Å²) in [5, 5.41) is 0. The molecule has 3 nitrogen and oxygen atoms in total. The third-order valence-electron chi connectivity index (χ3n) is 3.09. The first-order valence-electron chi connectivity index (χ1n) is 6.74.